The second-order valence-corrected chi connectivity index (χ2v) is 5.48. The summed E-state index contributed by atoms with van der Waals surface area (Å²) in [7, 11) is 0. The van der Waals surface area contributed by atoms with E-state index in [0.29, 0.717) is 16.7 Å². The van der Waals surface area contributed by atoms with Crippen molar-refractivity contribution in [3.63, 3.8) is 0 Å². The van der Waals surface area contributed by atoms with Crippen LogP contribution in [0.5, 0.6) is 0 Å². The van der Waals surface area contributed by atoms with Gasteiger partial charge >= 0.3 is 0 Å². The average molecular weight is 326 g/mol. The summed E-state index contributed by atoms with van der Waals surface area (Å²) in [6.45, 7) is 0.0447. The van der Waals surface area contributed by atoms with Crippen molar-refractivity contribution in [2.24, 2.45) is 0 Å². The normalized spacial score (nSPS) is 14.9. The molecule has 0 radical (unpaired) electrons. The number of halogens is 2. The van der Waals surface area contributed by atoms with Gasteiger partial charge in [-0.3, -0.25) is 5.41 Å². The number of benzene rings is 2. The van der Waals surface area contributed by atoms with E-state index in [1.807, 2.05) is 0 Å². The molecular weight excluding hydrogens is 314 g/mol. The second-order valence-electron chi connectivity index (χ2n) is 5.48. The van der Waals surface area contributed by atoms with Gasteiger partial charge in [0.05, 0.1) is 23.2 Å². The number of aliphatic hydroxyl groups excluding tert-OH is 1. The number of aliphatic hydroxyl groups is 1. The standard InChI is InChI=1S/C17H12F2N4O/c18-9-2-1-3-11(6-9)23-8-14(24)15(16(23)20)17-21-12-5-4-10(19)7-13(12)22-17/h1-7,20,24H,8H2,(H,21,22). The van der Waals surface area contributed by atoms with E-state index in [-0.39, 0.29) is 29.5 Å². The smallest absolute Gasteiger partial charge is 0.145 e. The lowest BCUT2D eigenvalue weighted by Gasteiger charge is -2.18. The highest BCUT2D eigenvalue weighted by Gasteiger charge is 2.31. The van der Waals surface area contributed by atoms with Gasteiger partial charge < -0.3 is 15.0 Å². The Morgan fingerprint density at radius 3 is 2.71 bits per heavy atom. The predicted octanol–water partition coefficient (Wildman–Crippen LogP) is 3.61. The Kier molecular flexibility index (Phi) is 3.09. The van der Waals surface area contributed by atoms with Gasteiger partial charge in [0, 0.05) is 5.69 Å². The zero-order chi connectivity index (χ0) is 16.8. The van der Waals surface area contributed by atoms with Crippen molar-refractivity contribution in [2.45, 2.75) is 0 Å². The quantitative estimate of drug-likeness (QED) is 0.673. The summed E-state index contributed by atoms with van der Waals surface area (Å²) in [5.74, 6) is -0.607. The third kappa shape index (κ3) is 2.21. The molecule has 0 bridgehead atoms. The van der Waals surface area contributed by atoms with Crippen LogP contribution in [0, 0.1) is 17.0 Å². The van der Waals surface area contributed by atoms with Crippen molar-refractivity contribution in [3.05, 3.63) is 65.7 Å². The van der Waals surface area contributed by atoms with Crippen molar-refractivity contribution < 1.29 is 13.9 Å². The maximum Gasteiger partial charge on any atom is 0.145 e. The number of hydrogen-bond acceptors (Lipinski definition) is 3. The molecule has 0 amide bonds. The van der Waals surface area contributed by atoms with Crippen molar-refractivity contribution in [1.29, 1.82) is 5.41 Å². The van der Waals surface area contributed by atoms with Gasteiger partial charge in [0.15, 0.2) is 0 Å². The van der Waals surface area contributed by atoms with E-state index >= 15 is 0 Å². The predicted molar refractivity (Wildman–Crippen MR) is 87.1 cm³/mol. The van der Waals surface area contributed by atoms with Crippen LogP contribution < -0.4 is 4.90 Å². The second kappa shape index (κ2) is 5.16. The first-order valence-electron chi connectivity index (χ1n) is 7.23. The number of amidine groups is 1. The SMILES string of the molecule is N=C1C(c2nc3ccc(F)cc3[nH]2)=C(O)CN1c1cccc(F)c1. The van der Waals surface area contributed by atoms with Crippen LogP contribution in [0.15, 0.2) is 48.2 Å². The molecule has 5 nitrogen and oxygen atoms in total. The largest absolute Gasteiger partial charge is 0.509 e. The minimum atomic E-state index is -0.424. The van der Waals surface area contributed by atoms with Gasteiger partial charge in [-0.15, -0.1) is 0 Å². The molecule has 24 heavy (non-hydrogen) atoms. The number of imidazole rings is 1. The molecule has 0 spiro atoms. The minimum absolute atomic E-state index is 0.00220. The van der Waals surface area contributed by atoms with Gasteiger partial charge in [-0.25, -0.2) is 13.8 Å². The zero-order valence-electron chi connectivity index (χ0n) is 12.3. The van der Waals surface area contributed by atoms with Crippen molar-refractivity contribution >= 4 is 28.1 Å². The summed E-state index contributed by atoms with van der Waals surface area (Å²) < 4.78 is 26.7. The van der Waals surface area contributed by atoms with Crippen molar-refractivity contribution in [2.75, 3.05) is 11.4 Å². The fourth-order valence-electron chi connectivity index (χ4n) is 2.79. The maximum atomic E-state index is 13.4. The summed E-state index contributed by atoms with van der Waals surface area (Å²) in [5, 5.41) is 18.6. The molecule has 1 aliphatic heterocycles. The first kappa shape index (κ1) is 14.4. The van der Waals surface area contributed by atoms with E-state index in [9.17, 15) is 13.9 Å². The Labute approximate surface area is 135 Å². The molecular formula is C17H12F2N4O. The first-order valence-corrected chi connectivity index (χ1v) is 7.23. The lowest BCUT2D eigenvalue weighted by Crippen LogP contribution is -2.26. The van der Waals surface area contributed by atoms with Gasteiger partial charge in [0.25, 0.3) is 0 Å². The monoisotopic (exact) mass is 326 g/mol. The Morgan fingerprint density at radius 1 is 1.12 bits per heavy atom. The van der Waals surface area contributed by atoms with E-state index in [2.05, 4.69) is 9.97 Å². The fourth-order valence-corrected chi connectivity index (χ4v) is 2.79. The summed E-state index contributed by atoms with van der Waals surface area (Å²) in [6.07, 6.45) is 0. The molecule has 0 aliphatic carbocycles. The van der Waals surface area contributed by atoms with E-state index < -0.39 is 11.6 Å². The molecule has 0 saturated carbocycles. The third-order valence-electron chi connectivity index (χ3n) is 3.90. The average Bonchev–Trinajstić information content (AvgIpc) is 3.07. The zero-order valence-corrected chi connectivity index (χ0v) is 12.3. The molecule has 120 valence electrons. The molecule has 4 rings (SSSR count). The number of H-pyrrole nitrogens is 1. The highest BCUT2D eigenvalue weighted by Crippen LogP contribution is 2.31. The van der Waals surface area contributed by atoms with Crippen LogP contribution in [0.1, 0.15) is 5.82 Å². The highest BCUT2D eigenvalue weighted by atomic mass is 19.1. The van der Waals surface area contributed by atoms with Crippen LogP contribution in [-0.2, 0) is 0 Å². The van der Waals surface area contributed by atoms with E-state index in [1.165, 1.54) is 41.3 Å². The molecule has 0 unspecified atom stereocenters. The molecule has 0 fully saturated rings. The Morgan fingerprint density at radius 2 is 1.92 bits per heavy atom. The van der Waals surface area contributed by atoms with E-state index in [0.717, 1.165) is 0 Å². The minimum Gasteiger partial charge on any atom is -0.509 e. The number of anilines is 1. The summed E-state index contributed by atoms with van der Waals surface area (Å²) in [4.78, 5) is 8.69. The number of aromatic amines is 1. The third-order valence-corrected chi connectivity index (χ3v) is 3.90. The van der Waals surface area contributed by atoms with Crippen LogP contribution in [0.3, 0.4) is 0 Å². The van der Waals surface area contributed by atoms with Gasteiger partial charge in [-0.1, -0.05) is 6.07 Å². The number of nitrogens with zero attached hydrogens (tertiary/aromatic N) is 2. The molecule has 7 heteroatoms. The summed E-state index contributed by atoms with van der Waals surface area (Å²) in [6, 6.07) is 9.90. The topological polar surface area (TPSA) is 76.0 Å². The van der Waals surface area contributed by atoms with Gasteiger partial charge in [0.1, 0.15) is 29.1 Å². The van der Waals surface area contributed by atoms with Gasteiger partial charge in [0.2, 0.25) is 0 Å². The lowest BCUT2D eigenvalue weighted by molar-refractivity contribution is 0.411. The van der Waals surface area contributed by atoms with Crippen LogP contribution >= 0.6 is 0 Å². The lowest BCUT2D eigenvalue weighted by atomic mass is 10.2. The van der Waals surface area contributed by atoms with Crippen molar-refractivity contribution in [3.8, 4) is 0 Å². The fraction of sp³-hybridized carbons (Fsp3) is 0.0588. The summed E-state index contributed by atoms with van der Waals surface area (Å²) in [5.41, 5.74) is 1.69. The molecule has 1 aliphatic rings. The molecule has 3 N–H and O–H groups in total. The van der Waals surface area contributed by atoms with Crippen LogP contribution in [0.4, 0.5) is 14.5 Å². The summed E-state index contributed by atoms with van der Waals surface area (Å²) >= 11 is 0. The van der Waals surface area contributed by atoms with Crippen LogP contribution in [0.25, 0.3) is 16.6 Å². The number of nitrogens with one attached hydrogen (secondary N) is 2. The van der Waals surface area contributed by atoms with Gasteiger partial charge in [-0.05, 0) is 36.4 Å². The first-order chi connectivity index (χ1) is 11.5. The van der Waals surface area contributed by atoms with E-state index in [4.69, 9.17) is 5.41 Å². The molecule has 0 saturated heterocycles. The molecule has 2 aromatic carbocycles. The maximum absolute atomic E-state index is 13.4. The van der Waals surface area contributed by atoms with E-state index in [1.54, 1.807) is 6.07 Å². The molecule has 1 aromatic heterocycles. The Hall–Kier alpha value is -3.22. The van der Waals surface area contributed by atoms with Crippen molar-refractivity contribution in [1.82, 2.24) is 9.97 Å². The number of hydrogen-bond donors (Lipinski definition) is 3. The number of aromatic nitrogens is 2. The van der Waals surface area contributed by atoms with Gasteiger partial charge in [-0.2, -0.15) is 0 Å². The van der Waals surface area contributed by atoms with Crippen LogP contribution in [0.2, 0.25) is 0 Å². The molecule has 2 heterocycles. The Bertz CT molecular complexity index is 1010. The number of fused-ring (bicyclic) bond motifs is 1. The highest BCUT2D eigenvalue weighted by molar-refractivity contribution is 6.30. The Balaban J connectivity index is 1.74. The van der Waals surface area contributed by atoms with Crippen LogP contribution in [-0.4, -0.2) is 27.5 Å². The number of rotatable bonds is 2. The molecule has 0 atom stereocenters. The molecule has 3 aromatic rings.